The van der Waals surface area contributed by atoms with Crippen LogP contribution in [0.25, 0.3) is 0 Å². The van der Waals surface area contributed by atoms with Gasteiger partial charge in [-0.25, -0.2) is 0 Å². The first-order valence-electron chi connectivity index (χ1n) is 5.07. The Labute approximate surface area is 95.6 Å². The van der Waals surface area contributed by atoms with Gasteiger partial charge in [-0.15, -0.1) is 0 Å². The SMILES string of the molecule is CN[C@H](C)C(=O)c1ccc(OC)c(OC)c1. The van der Waals surface area contributed by atoms with Gasteiger partial charge in [0.25, 0.3) is 0 Å². The molecule has 0 aliphatic carbocycles. The number of ketones is 1. The minimum atomic E-state index is -0.210. The van der Waals surface area contributed by atoms with Crippen LogP contribution >= 0.6 is 0 Å². The Bertz CT molecular complexity index is 377. The minimum Gasteiger partial charge on any atom is -0.493 e. The van der Waals surface area contributed by atoms with Gasteiger partial charge in [0.1, 0.15) is 0 Å². The van der Waals surface area contributed by atoms with Gasteiger partial charge in [0, 0.05) is 5.56 Å². The Morgan fingerprint density at radius 2 is 1.88 bits per heavy atom. The first-order valence-corrected chi connectivity index (χ1v) is 5.07. The highest BCUT2D eigenvalue weighted by Gasteiger charge is 2.15. The van der Waals surface area contributed by atoms with E-state index >= 15 is 0 Å². The van der Waals surface area contributed by atoms with Crippen molar-refractivity contribution in [2.45, 2.75) is 13.0 Å². The third-order valence-electron chi connectivity index (χ3n) is 2.49. The third-order valence-corrected chi connectivity index (χ3v) is 2.49. The van der Waals surface area contributed by atoms with Crippen molar-refractivity contribution in [1.29, 1.82) is 0 Å². The maximum absolute atomic E-state index is 11.9. The molecule has 0 heterocycles. The molecule has 0 amide bonds. The molecule has 0 spiro atoms. The Morgan fingerprint density at radius 3 is 2.38 bits per heavy atom. The van der Waals surface area contributed by atoms with Gasteiger partial charge in [0.05, 0.1) is 20.3 Å². The van der Waals surface area contributed by atoms with Gasteiger partial charge >= 0.3 is 0 Å². The standard InChI is InChI=1S/C12H17NO3/c1-8(13-2)12(14)9-5-6-10(15-3)11(7-9)16-4/h5-8,13H,1-4H3/t8-/m1/s1. The summed E-state index contributed by atoms with van der Waals surface area (Å²) in [7, 11) is 4.87. The number of nitrogens with one attached hydrogen (secondary N) is 1. The summed E-state index contributed by atoms with van der Waals surface area (Å²) in [5.41, 5.74) is 0.611. The van der Waals surface area contributed by atoms with Crippen molar-refractivity contribution in [2.75, 3.05) is 21.3 Å². The number of likely N-dealkylation sites (N-methyl/N-ethyl adjacent to an activating group) is 1. The molecule has 0 aliphatic heterocycles. The minimum absolute atomic E-state index is 0.0310. The van der Waals surface area contributed by atoms with Crippen molar-refractivity contribution in [3.8, 4) is 11.5 Å². The molecule has 1 atom stereocenters. The van der Waals surface area contributed by atoms with Crippen LogP contribution < -0.4 is 14.8 Å². The lowest BCUT2D eigenvalue weighted by Gasteiger charge is -2.12. The molecular formula is C12H17NO3. The highest BCUT2D eigenvalue weighted by atomic mass is 16.5. The summed E-state index contributed by atoms with van der Waals surface area (Å²) >= 11 is 0. The van der Waals surface area contributed by atoms with E-state index in [-0.39, 0.29) is 11.8 Å². The second-order valence-electron chi connectivity index (χ2n) is 3.44. The van der Waals surface area contributed by atoms with E-state index in [2.05, 4.69) is 5.32 Å². The van der Waals surface area contributed by atoms with Crippen molar-refractivity contribution in [2.24, 2.45) is 0 Å². The number of methoxy groups -OCH3 is 2. The quantitative estimate of drug-likeness (QED) is 0.768. The second-order valence-corrected chi connectivity index (χ2v) is 3.44. The van der Waals surface area contributed by atoms with Gasteiger partial charge in [-0.05, 0) is 32.2 Å². The maximum Gasteiger partial charge on any atom is 0.179 e. The second kappa shape index (κ2) is 5.51. The molecule has 4 nitrogen and oxygen atoms in total. The Kier molecular flexibility index (Phi) is 4.31. The number of rotatable bonds is 5. The van der Waals surface area contributed by atoms with E-state index in [1.165, 1.54) is 0 Å². The van der Waals surface area contributed by atoms with Crippen LogP contribution in [-0.2, 0) is 0 Å². The summed E-state index contributed by atoms with van der Waals surface area (Å²) in [6, 6.07) is 4.94. The number of Topliss-reactive ketones (excluding diaryl/α,β-unsaturated/α-hetero) is 1. The van der Waals surface area contributed by atoms with Crippen LogP contribution in [0, 0.1) is 0 Å². The fourth-order valence-corrected chi connectivity index (χ4v) is 1.37. The summed E-state index contributed by atoms with van der Waals surface area (Å²) in [6.45, 7) is 1.82. The lowest BCUT2D eigenvalue weighted by atomic mass is 10.1. The van der Waals surface area contributed by atoms with Gasteiger partial charge in [-0.3, -0.25) is 4.79 Å². The molecule has 0 aromatic heterocycles. The lowest BCUT2D eigenvalue weighted by molar-refractivity contribution is 0.0954. The molecule has 0 radical (unpaired) electrons. The van der Waals surface area contributed by atoms with Crippen LogP contribution in [-0.4, -0.2) is 33.1 Å². The van der Waals surface area contributed by atoms with E-state index in [9.17, 15) is 4.79 Å². The molecule has 1 rings (SSSR count). The van der Waals surface area contributed by atoms with Crippen LogP contribution in [0.5, 0.6) is 11.5 Å². The molecule has 1 aromatic rings. The lowest BCUT2D eigenvalue weighted by Crippen LogP contribution is -2.30. The van der Waals surface area contributed by atoms with E-state index in [1.807, 2.05) is 6.92 Å². The van der Waals surface area contributed by atoms with Crippen LogP contribution in [0.1, 0.15) is 17.3 Å². The van der Waals surface area contributed by atoms with Crippen LogP contribution in [0.3, 0.4) is 0 Å². The monoisotopic (exact) mass is 223 g/mol. The molecule has 0 saturated carbocycles. The van der Waals surface area contributed by atoms with E-state index in [1.54, 1.807) is 39.5 Å². The average Bonchev–Trinajstić information content (AvgIpc) is 2.35. The normalized spacial score (nSPS) is 12.0. The predicted octanol–water partition coefficient (Wildman–Crippen LogP) is 1.49. The topological polar surface area (TPSA) is 47.6 Å². The van der Waals surface area contributed by atoms with Crippen LogP contribution in [0.4, 0.5) is 0 Å². The number of benzene rings is 1. The number of carbonyl (C=O) groups is 1. The fraction of sp³-hybridized carbons (Fsp3) is 0.417. The van der Waals surface area contributed by atoms with Gasteiger partial charge in [0.2, 0.25) is 0 Å². The largest absolute Gasteiger partial charge is 0.493 e. The molecule has 0 aliphatic rings. The van der Waals surface area contributed by atoms with E-state index in [4.69, 9.17) is 9.47 Å². The molecule has 1 N–H and O–H groups in total. The highest BCUT2D eigenvalue weighted by molar-refractivity contribution is 6.00. The molecule has 0 fully saturated rings. The van der Waals surface area contributed by atoms with Crippen molar-refractivity contribution in [1.82, 2.24) is 5.32 Å². The zero-order valence-electron chi connectivity index (χ0n) is 10.0. The molecule has 0 saturated heterocycles. The summed E-state index contributed by atoms with van der Waals surface area (Å²) < 4.78 is 10.2. The molecule has 0 unspecified atom stereocenters. The van der Waals surface area contributed by atoms with Gasteiger partial charge in [0.15, 0.2) is 17.3 Å². The average molecular weight is 223 g/mol. The van der Waals surface area contributed by atoms with Gasteiger partial charge in [-0.1, -0.05) is 0 Å². The molecule has 1 aromatic carbocycles. The summed E-state index contributed by atoms with van der Waals surface area (Å²) in [6.07, 6.45) is 0. The zero-order chi connectivity index (χ0) is 12.1. The Balaban J connectivity index is 3.03. The van der Waals surface area contributed by atoms with E-state index in [0.717, 1.165) is 0 Å². The highest BCUT2D eigenvalue weighted by Crippen LogP contribution is 2.27. The first kappa shape index (κ1) is 12.5. The van der Waals surface area contributed by atoms with E-state index < -0.39 is 0 Å². The third kappa shape index (κ3) is 2.52. The molecular weight excluding hydrogens is 206 g/mol. The molecule has 4 heteroatoms. The summed E-state index contributed by atoms with van der Waals surface area (Å²) in [5, 5.41) is 2.91. The number of ether oxygens (including phenoxy) is 2. The van der Waals surface area contributed by atoms with Crippen molar-refractivity contribution < 1.29 is 14.3 Å². The summed E-state index contributed by atoms with van der Waals surface area (Å²) in [5.74, 6) is 1.22. The van der Waals surface area contributed by atoms with Gasteiger partial charge in [-0.2, -0.15) is 0 Å². The predicted molar refractivity (Wildman–Crippen MR) is 62.4 cm³/mol. The fourth-order valence-electron chi connectivity index (χ4n) is 1.37. The Hall–Kier alpha value is -1.55. The number of carbonyl (C=O) groups excluding carboxylic acids is 1. The smallest absolute Gasteiger partial charge is 0.179 e. The maximum atomic E-state index is 11.9. The molecule has 16 heavy (non-hydrogen) atoms. The number of hydrogen-bond acceptors (Lipinski definition) is 4. The van der Waals surface area contributed by atoms with Crippen LogP contribution in [0.15, 0.2) is 18.2 Å². The summed E-state index contributed by atoms with van der Waals surface area (Å²) in [4.78, 5) is 11.9. The van der Waals surface area contributed by atoms with Crippen molar-refractivity contribution >= 4 is 5.78 Å². The van der Waals surface area contributed by atoms with Crippen LogP contribution in [0.2, 0.25) is 0 Å². The molecule has 88 valence electrons. The Morgan fingerprint density at radius 1 is 1.25 bits per heavy atom. The van der Waals surface area contributed by atoms with Crippen molar-refractivity contribution in [3.63, 3.8) is 0 Å². The zero-order valence-corrected chi connectivity index (χ0v) is 10.0. The molecule has 0 bridgehead atoms. The van der Waals surface area contributed by atoms with Crippen molar-refractivity contribution in [3.05, 3.63) is 23.8 Å². The van der Waals surface area contributed by atoms with Gasteiger partial charge < -0.3 is 14.8 Å². The first-order chi connectivity index (χ1) is 7.63. The number of hydrogen-bond donors (Lipinski definition) is 1. The van der Waals surface area contributed by atoms with E-state index in [0.29, 0.717) is 17.1 Å².